The molecule has 0 saturated heterocycles. The minimum atomic E-state index is -2.08. The van der Waals surface area contributed by atoms with Gasteiger partial charge in [0.1, 0.15) is 11.4 Å². The fourth-order valence-corrected chi connectivity index (χ4v) is 1.81. The van der Waals surface area contributed by atoms with Gasteiger partial charge >= 0.3 is 5.97 Å². The fourth-order valence-electron chi connectivity index (χ4n) is 1.81. The second kappa shape index (κ2) is 6.05. The summed E-state index contributed by atoms with van der Waals surface area (Å²) in [6.45, 7) is 3.55. The lowest BCUT2D eigenvalue weighted by Crippen LogP contribution is -2.43. The van der Waals surface area contributed by atoms with Gasteiger partial charge in [-0.2, -0.15) is 5.10 Å². The van der Waals surface area contributed by atoms with E-state index in [2.05, 4.69) is 20.1 Å². The Labute approximate surface area is 132 Å². The molecule has 0 amide bonds. The van der Waals surface area contributed by atoms with E-state index in [1.54, 1.807) is 6.20 Å². The summed E-state index contributed by atoms with van der Waals surface area (Å²) in [6, 6.07) is 1.51. The van der Waals surface area contributed by atoms with E-state index in [0.717, 1.165) is 0 Å². The zero-order valence-electron chi connectivity index (χ0n) is 13.5. The molecule has 2 aromatic rings. The van der Waals surface area contributed by atoms with Gasteiger partial charge in [-0.05, 0) is 26.8 Å². The van der Waals surface area contributed by atoms with Crippen molar-refractivity contribution in [2.75, 3.05) is 7.11 Å². The molecule has 2 heterocycles. The summed E-state index contributed by atoms with van der Waals surface area (Å²) in [5.41, 5.74) is -3.40. The van der Waals surface area contributed by atoms with Crippen LogP contribution in [0.15, 0.2) is 18.5 Å². The SMILES string of the molecule is COC(=O)c1ccn(Cc2cn(CC(C)(F)C(C)(C)F)nn2)n1. The van der Waals surface area contributed by atoms with Crippen LogP contribution in [0.5, 0.6) is 0 Å². The van der Waals surface area contributed by atoms with Crippen molar-refractivity contribution >= 4 is 5.97 Å². The van der Waals surface area contributed by atoms with Crippen LogP contribution in [0.25, 0.3) is 0 Å². The van der Waals surface area contributed by atoms with Crippen LogP contribution in [0.3, 0.4) is 0 Å². The van der Waals surface area contributed by atoms with Crippen LogP contribution in [0, 0.1) is 0 Å². The first-order chi connectivity index (χ1) is 10.6. The minimum absolute atomic E-state index is 0.176. The molecule has 1 atom stereocenters. The normalized spacial score (nSPS) is 14.5. The predicted octanol–water partition coefficient (Wildman–Crippen LogP) is 1.79. The summed E-state index contributed by atoms with van der Waals surface area (Å²) in [5, 5.41) is 11.7. The third kappa shape index (κ3) is 3.91. The Morgan fingerprint density at radius 3 is 2.61 bits per heavy atom. The number of esters is 1. The maximum atomic E-state index is 14.3. The maximum absolute atomic E-state index is 14.3. The maximum Gasteiger partial charge on any atom is 0.358 e. The zero-order chi connectivity index (χ0) is 17.3. The average molecular weight is 327 g/mol. The van der Waals surface area contributed by atoms with Gasteiger partial charge in [0.05, 0.1) is 26.4 Å². The molecule has 1 unspecified atom stereocenters. The minimum Gasteiger partial charge on any atom is -0.464 e. The molecule has 0 fully saturated rings. The molecule has 126 valence electrons. The van der Waals surface area contributed by atoms with Crippen LogP contribution in [-0.2, 0) is 17.8 Å². The van der Waals surface area contributed by atoms with Crippen LogP contribution in [0.2, 0.25) is 0 Å². The summed E-state index contributed by atoms with van der Waals surface area (Å²) in [6.07, 6.45) is 3.11. The number of methoxy groups -OCH3 is 1. The van der Waals surface area contributed by atoms with Crippen LogP contribution < -0.4 is 0 Å². The Balaban J connectivity index is 2.05. The van der Waals surface area contributed by atoms with Gasteiger partial charge in [-0.15, -0.1) is 5.10 Å². The number of aromatic nitrogens is 5. The predicted molar refractivity (Wildman–Crippen MR) is 77.4 cm³/mol. The van der Waals surface area contributed by atoms with Crippen molar-refractivity contribution in [3.8, 4) is 0 Å². The molecule has 23 heavy (non-hydrogen) atoms. The molecule has 2 rings (SSSR count). The lowest BCUT2D eigenvalue weighted by atomic mass is 9.91. The van der Waals surface area contributed by atoms with Gasteiger partial charge in [0.15, 0.2) is 11.4 Å². The van der Waals surface area contributed by atoms with Crippen molar-refractivity contribution in [1.82, 2.24) is 24.8 Å². The van der Waals surface area contributed by atoms with Crippen LogP contribution in [0.1, 0.15) is 37.0 Å². The monoisotopic (exact) mass is 327 g/mol. The van der Waals surface area contributed by atoms with Crippen LogP contribution >= 0.6 is 0 Å². The molecule has 0 aliphatic rings. The van der Waals surface area contributed by atoms with Crippen LogP contribution in [-0.4, -0.2) is 49.2 Å². The molecule has 2 aromatic heterocycles. The standard InChI is InChI=1S/C14H19F2N5O2/c1-13(2,15)14(3,16)9-21-8-10(17-19-21)7-20-6-5-11(18-20)12(22)23-4/h5-6,8H,7,9H2,1-4H3. The van der Waals surface area contributed by atoms with Crippen molar-refractivity contribution in [3.05, 3.63) is 29.8 Å². The molecule has 0 N–H and O–H groups in total. The Hall–Kier alpha value is -2.32. The molecule has 0 bridgehead atoms. The van der Waals surface area contributed by atoms with Crippen molar-refractivity contribution in [3.63, 3.8) is 0 Å². The van der Waals surface area contributed by atoms with Crippen LogP contribution in [0.4, 0.5) is 8.78 Å². The molecule has 0 radical (unpaired) electrons. The molecule has 0 aliphatic heterocycles. The van der Waals surface area contributed by atoms with Gasteiger partial charge in [-0.1, -0.05) is 5.21 Å². The van der Waals surface area contributed by atoms with E-state index in [4.69, 9.17) is 0 Å². The summed E-state index contributed by atoms with van der Waals surface area (Å²) in [4.78, 5) is 11.3. The number of carbonyl (C=O) groups excluding carboxylic acids is 1. The second-order valence-electron chi connectivity index (χ2n) is 5.97. The Morgan fingerprint density at radius 1 is 1.30 bits per heavy atom. The van der Waals surface area contributed by atoms with E-state index < -0.39 is 17.3 Å². The third-order valence-corrected chi connectivity index (χ3v) is 3.64. The number of halogens is 2. The molecule has 0 aromatic carbocycles. The quantitative estimate of drug-likeness (QED) is 0.756. The van der Waals surface area contributed by atoms with Gasteiger partial charge in [0, 0.05) is 6.20 Å². The highest BCUT2D eigenvalue weighted by Crippen LogP contribution is 2.31. The molecule has 9 heteroatoms. The number of hydrogen-bond donors (Lipinski definition) is 0. The van der Waals surface area contributed by atoms with Crippen molar-refractivity contribution in [2.24, 2.45) is 0 Å². The highest BCUT2D eigenvalue weighted by atomic mass is 19.2. The van der Waals surface area contributed by atoms with E-state index in [9.17, 15) is 13.6 Å². The number of hydrogen-bond acceptors (Lipinski definition) is 5. The number of carbonyl (C=O) groups is 1. The number of ether oxygens (including phenoxy) is 1. The summed E-state index contributed by atoms with van der Waals surface area (Å²) >= 11 is 0. The molecule has 0 spiro atoms. The smallest absolute Gasteiger partial charge is 0.358 e. The first kappa shape index (κ1) is 17.0. The van der Waals surface area contributed by atoms with Gasteiger partial charge in [-0.25, -0.2) is 18.3 Å². The zero-order valence-corrected chi connectivity index (χ0v) is 13.5. The lowest BCUT2D eigenvalue weighted by molar-refractivity contribution is -0.0160. The molecule has 7 nitrogen and oxygen atoms in total. The Bertz CT molecular complexity index is 687. The van der Waals surface area contributed by atoms with Gasteiger partial charge in [-0.3, -0.25) is 4.68 Å². The Kier molecular flexibility index (Phi) is 4.49. The van der Waals surface area contributed by atoms with E-state index in [0.29, 0.717) is 5.69 Å². The number of rotatable bonds is 6. The average Bonchev–Trinajstić information content (AvgIpc) is 3.06. The lowest BCUT2D eigenvalue weighted by Gasteiger charge is -2.30. The molecule has 0 aliphatic carbocycles. The third-order valence-electron chi connectivity index (χ3n) is 3.64. The van der Waals surface area contributed by atoms with Gasteiger partial charge in [0.25, 0.3) is 0 Å². The number of alkyl halides is 2. The largest absolute Gasteiger partial charge is 0.464 e. The topological polar surface area (TPSA) is 74.8 Å². The van der Waals surface area contributed by atoms with E-state index in [1.165, 1.54) is 49.5 Å². The summed E-state index contributed by atoms with van der Waals surface area (Å²) < 4.78 is 35.4. The Morgan fingerprint density at radius 2 is 2.00 bits per heavy atom. The van der Waals surface area contributed by atoms with E-state index in [1.807, 2.05) is 0 Å². The fraction of sp³-hybridized carbons (Fsp3) is 0.571. The highest BCUT2D eigenvalue weighted by molar-refractivity contribution is 5.86. The molecular formula is C14H19F2N5O2. The first-order valence-corrected chi connectivity index (χ1v) is 7.01. The van der Waals surface area contributed by atoms with Crippen molar-refractivity contribution in [1.29, 1.82) is 0 Å². The van der Waals surface area contributed by atoms with Gasteiger partial charge < -0.3 is 4.74 Å². The summed E-state index contributed by atoms with van der Waals surface area (Å²) in [5.74, 6) is -0.536. The van der Waals surface area contributed by atoms with Crippen molar-refractivity contribution in [2.45, 2.75) is 45.2 Å². The van der Waals surface area contributed by atoms with Crippen molar-refractivity contribution < 1.29 is 18.3 Å². The first-order valence-electron chi connectivity index (χ1n) is 7.01. The summed E-state index contributed by atoms with van der Waals surface area (Å²) in [7, 11) is 1.27. The van der Waals surface area contributed by atoms with Gasteiger partial charge in [0.2, 0.25) is 0 Å². The van der Waals surface area contributed by atoms with E-state index in [-0.39, 0.29) is 18.8 Å². The highest BCUT2D eigenvalue weighted by Gasteiger charge is 2.42. The second-order valence-corrected chi connectivity index (χ2v) is 5.97. The molecular weight excluding hydrogens is 308 g/mol. The van der Waals surface area contributed by atoms with E-state index >= 15 is 0 Å². The number of nitrogens with zero attached hydrogens (tertiary/aromatic N) is 5. The molecule has 0 saturated carbocycles.